The van der Waals surface area contributed by atoms with Gasteiger partial charge in [0.15, 0.2) is 11.5 Å². The molecule has 0 saturated carbocycles. The highest BCUT2D eigenvalue weighted by Gasteiger charge is 2.20. The quantitative estimate of drug-likeness (QED) is 0.573. The summed E-state index contributed by atoms with van der Waals surface area (Å²) in [5.41, 5.74) is 2.00. The molecule has 0 aromatic heterocycles. The fourth-order valence-electron chi connectivity index (χ4n) is 3.14. The summed E-state index contributed by atoms with van der Waals surface area (Å²) < 4.78 is 26.7. The van der Waals surface area contributed by atoms with Crippen molar-refractivity contribution in [1.29, 1.82) is 0 Å². The average Bonchev–Trinajstić information content (AvgIpc) is 2.72. The number of esters is 1. The third-order valence-corrected chi connectivity index (χ3v) is 4.51. The van der Waals surface area contributed by atoms with Crippen LogP contribution in [0.15, 0.2) is 36.4 Å². The zero-order valence-corrected chi connectivity index (χ0v) is 17.1. The summed E-state index contributed by atoms with van der Waals surface area (Å²) in [5.74, 6) is 2.19. The highest BCUT2D eigenvalue weighted by Crippen LogP contribution is 2.39. The lowest BCUT2D eigenvalue weighted by Crippen LogP contribution is -2.13. The van der Waals surface area contributed by atoms with Gasteiger partial charge in [0.1, 0.15) is 5.75 Å². The van der Waals surface area contributed by atoms with E-state index in [1.54, 1.807) is 35.4 Å². The van der Waals surface area contributed by atoms with Gasteiger partial charge in [0.2, 0.25) is 5.75 Å². The molecule has 28 heavy (non-hydrogen) atoms. The highest BCUT2D eigenvalue weighted by molar-refractivity contribution is 5.70. The lowest BCUT2D eigenvalue weighted by molar-refractivity contribution is -0.143. The summed E-state index contributed by atoms with van der Waals surface area (Å²) in [4.78, 5) is 12.2. The predicted octanol–water partition coefficient (Wildman–Crippen LogP) is 4.00. The Balaban J connectivity index is 2.36. The van der Waals surface area contributed by atoms with Gasteiger partial charge in [-0.1, -0.05) is 12.1 Å². The van der Waals surface area contributed by atoms with E-state index in [1.165, 1.54) is 0 Å². The molecule has 0 N–H and O–H groups in total. The highest BCUT2D eigenvalue weighted by atomic mass is 16.5. The summed E-state index contributed by atoms with van der Waals surface area (Å²) in [6, 6.07) is 11.5. The maximum Gasteiger partial charge on any atom is 0.306 e. The van der Waals surface area contributed by atoms with Crippen LogP contribution < -0.4 is 18.9 Å². The van der Waals surface area contributed by atoms with Crippen LogP contribution in [0, 0.1) is 0 Å². The minimum Gasteiger partial charge on any atom is -0.497 e. The van der Waals surface area contributed by atoms with E-state index >= 15 is 0 Å². The van der Waals surface area contributed by atoms with E-state index in [0.717, 1.165) is 16.9 Å². The molecule has 1 atom stereocenters. The molecule has 6 nitrogen and oxygen atoms in total. The van der Waals surface area contributed by atoms with Crippen LogP contribution in [0.4, 0.5) is 0 Å². The van der Waals surface area contributed by atoms with Crippen LogP contribution in [0.2, 0.25) is 0 Å². The molecule has 0 radical (unpaired) electrons. The number of carbonyl (C=O) groups is 1. The van der Waals surface area contributed by atoms with E-state index in [0.29, 0.717) is 30.3 Å². The third-order valence-electron chi connectivity index (χ3n) is 4.51. The average molecular weight is 388 g/mol. The molecule has 0 aliphatic carbocycles. The Labute approximate surface area is 166 Å². The van der Waals surface area contributed by atoms with Gasteiger partial charge in [-0.25, -0.2) is 0 Å². The molecule has 0 heterocycles. The Hall–Kier alpha value is -2.89. The fraction of sp³-hybridized carbons (Fsp3) is 0.409. The van der Waals surface area contributed by atoms with Crippen LogP contribution in [0.5, 0.6) is 23.0 Å². The van der Waals surface area contributed by atoms with Crippen molar-refractivity contribution < 1.29 is 28.5 Å². The number of rotatable bonds is 10. The van der Waals surface area contributed by atoms with Crippen LogP contribution in [0.25, 0.3) is 0 Å². The van der Waals surface area contributed by atoms with Crippen LogP contribution in [0.1, 0.15) is 30.4 Å². The molecule has 152 valence electrons. The van der Waals surface area contributed by atoms with Gasteiger partial charge in [-0.2, -0.15) is 0 Å². The molecule has 0 amide bonds. The maximum absolute atomic E-state index is 12.2. The van der Waals surface area contributed by atoms with E-state index in [-0.39, 0.29) is 18.3 Å². The van der Waals surface area contributed by atoms with Crippen LogP contribution in [-0.4, -0.2) is 41.0 Å². The molecular formula is C22H28O6. The van der Waals surface area contributed by atoms with Crippen molar-refractivity contribution in [2.24, 2.45) is 0 Å². The molecule has 0 spiro atoms. The zero-order chi connectivity index (χ0) is 20.5. The molecule has 1 unspecified atom stereocenters. The summed E-state index contributed by atoms with van der Waals surface area (Å²) >= 11 is 0. The number of methoxy groups -OCH3 is 4. The lowest BCUT2D eigenvalue weighted by atomic mass is 9.89. The lowest BCUT2D eigenvalue weighted by Gasteiger charge is -2.19. The molecule has 0 bridgehead atoms. The van der Waals surface area contributed by atoms with Crippen molar-refractivity contribution in [3.05, 3.63) is 47.5 Å². The van der Waals surface area contributed by atoms with E-state index in [1.807, 2.05) is 36.4 Å². The minimum atomic E-state index is -0.226. The van der Waals surface area contributed by atoms with E-state index < -0.39 is 0 Å². The van der Waals surface area contributed by atoms with E-state index in [9.17, 15) is 4.79 Å². The van der Waals surface area contributed by atoms with Crippen molar-refractivity contribution in [2.75, 3.05) is 35.0 Å². The molecule has 0 fully saturated rings. The Kier molecular flexibility index (Phi) is 7.99. The Morgan fingerprint density at radius 2 is 1.50 bits per heavy atom. The van der Waals surface area contributed by atoms with Crippen molar-refractivity contribution in [3.63, 3.8) is 0 Å². The van der Waals surface area contributed by atoms with Gasteiger partial charge in [0.25, 0.3) is 0 Å². The topological polar surface area (TPSA) is 63.2 Å². The van der Waals surface area contributed by atoms with Crippen LogP contribution >= 0.6 is 0 Å². The SMILES string of the molecule is CCOC(=O)CC(Cc1cc(OC)c(OC)c(OC)c1)c1ccc(OC)cc1. The van der Waals surface area contributed by atoms with Crippen molar-refractivity contribution in [2.45, 2.75) is 25.7 Å². The minimum absolute atomic E-state index is 0.0623. The molecule has 0 aliphatic rings. The molecule has 0 aliphatic heterocycles. The summed E-state index contributed by atoms with van der Waals surface area (Å²) in [7, 11) is 6.36. The first kappa shape index (κ1) is 21.4. The van der Waals surface area contributed by atoms with Crippen molar-refractivity contribution in [1.82, 2.24) is 0 Å². The van der Waals surface area contributed by atoms with Gasteiger partial charge >= 0.3 is 5.97 Å². The Morgan fingerprint density at radius 3 is 1.96 bits per heavy atom. The zero-order valence-electron chi connectivity index (χ0n) is 17.1. The van der Waals surface area contributed by atoms with Crippen molar-refractivity contribution >= 4 is 5.97 Å². The smallest absolute Gasteiger partial charge is 0.306 e. The predicted molar refractivity (Wildman–Crippen MR) is 107 cm³/mol. The van der Waals surface area contributed by atoms with Crippen molar-refractivity contribution in [3.8, 4) is 23.0 Å². The first-order valence-corrected chi connectivity index (χ1v) is 9.14. The van der Waals surface area contributed by atoms with Gasteiger partial charge < -0.3 is 23.7 Å². The Morgan fingerprint density at radius 1 is 0.893 bits per heavy atom. The second-order valence-electron chi connectivity index (χ2n) is 6.22. The second-order valence-corrected chi connectivity index (χ2v) is 6.22. The molecule has 2 aromatic rings. The number of carbonyl (C=O) groups excluding carboxylic acids is 1. The molecule has 6 heteroatoms. The standard InChI is InChI=1S/C22H28O6/c1-6-28-21(23)14-17(16-7-9-18(24-2)10-8-16)11-15-12-19(25-3)22(27-5)20(13-15)26-4/h7-10,12-13,17H,6,11,14H2,1-5H3. The van der Waals surface area contributed by atoms with Gasteiger partial charge in [-0.15, -0.1) is 0 Å². The monoisotopic (exact) mass is 388 g/mol. The van der Waals surface area contributed by atoms with Gasteiger partial charge in [-0.3, -0.25) is 4.79 Å². The number of ether oxygens (including phenoxy) is 5. The number of hydrogen-bond acceptors (Lipinski definition) is 6. The molecule has 2 rings (SSSR count). The first-order valence-electron chi connectivity index (χ1n) is 9.14. The normalized spacial score (nSPS) is 11.5. The molecular weight excluding hydrogens is 360 g/mol. The summed E-state index contributed by atoms with van der Waals surface area (Å²) in [6.45, 7) is 2.16. The number of benzene rings is 2. The second kappa shape index (κ2) is 10.4. The fourth-order valence-corrected chi connectivity index (χ4v) is 3.14. The van der Waals surface area contributed by atoms with Crippen LogP contribution in [0.3, 0.4) is 0 Å². The maximum atomic E-state index is 12.2. The van der Waals surface area contributed by atoms with Crippen LogP contribution in [-0.2, 0) is 16.0 Å². The number of hydrogen-bond donors (Lipinski definition) is 0. The molecule has 2 aromatic carbocycles. The van der Waals surface area contributed by atoms with E-state index in [4.69, 9.17) is 23.7 Å². The van der Waals surface area contributed by atoms with Gasteiger partial charge in [-0.05, 0) is 54.7 Å². The van der Waals surface area contributed by atoms with Gasteiger partial charge in [0.05, 0.1) is 41.5 Å². The summed E-state index contributed by atoms with van der Waals surface area (Å²) in [5, 5.41) is 0. The summed E-state index contributed by atoms with van der Waals surface area (Å²) in [6.07, 6.45) is 0.888. The van der Waals surface area contributed by atoms with Gasteiger partial charge in [0, 0.05) is 0 Å². The third kappa shape index (κ3) is 5.31. The van der Waals surface area contributed by atoms with E-state index in [2.05, 4.69) is 0 Å². The largest absolute Gasteiger partial charge is 0.497 e. The molecule has 0 saturated heterocycles. The first-order chi connectivity index (χ1) is 13.6. The Bertz CT molecular complexity index is 744.